The molecule has 412 valence electrons. The van der Waals surface area contributed by atoms with Crippen LogP contribution in [0.3, 0.4) is 0 Å². The molecule has 0 radical (unpaired) electrons. The van der Waals surface area contributed by atoms with Crippen LogP contribution >= 0.6 is 7.82 Å². The molecule has 0 rings (SSSR count). The highest BCUT2D eigenvalue weighted by Crippen LogP contribution is 2.38. The van der Waals surface area contributed by atoms with Crippen LogP contribution in [-0.4, -0.2) is 68.5 Å². The minimum atomic E-state index is -4.60. The van der Waals surface area contributed by atoms with Crippen molar-refractivity contribution < 1.29 is 32.9 Å². The molecule has 0 spiro atoms. The van der Waals surface area contributed by atoms with E-state index in [1.54, 1.807) is 6.08 Å². The molecule has 70 heavy (non-hydrogen) atoms. The molecule has 0 aromatic rings. The second-order valence-corrected chi connectivity index (χ2v) is 23.1. The summed E-state index contributed by atoms with van der Waals surface area (Å²) >= 11 is 0. The number of aliphatic hydroxyl groups excluding tert-OH is 1. The number of aliphatic hydroxyl groups is 1. The van der Waals surface area contributed by atoms with E-state index in [9.17, 15) is 19.4 Å². The Hall–Kier alpha value is -1.54. The summed E-state index contributed by atoms with van der Waals surface area (Å²) in [6, 6.07) is -0.902. The van der Waals surface area contributed by atoms with Crippen LogP contribution in [0, 0.1) is 0 Å². The summed E-state index contributed by atoms with van der Waals surface area (Å²) in [5.41, 5.74) is 0. The van der Waals surface area contributed by atoms with Crippen LogP contribution in [0.5, 0.6) is 0 Å². The van der Waals surface area contributed by atoms with Crippen molar-refractivity contribution in [2.75, 3.05) is 40.9 Å². The smallest absolute Gasteiger partial charge is 0.268 e. The van der Waals surface area contributed by atoms with E-state index in [-0.39, 0.29) is 12.5 Å². The quantitative estimate of drug-likeness (QED) is 0.0272. The fourth-order valence-electron chi connectivity index (χ4n) is 8.79. The summed E-state index contributed by atoms with van der Waals surface area (Å²) in [6.07, 6.45) is 69.5. The molecule has 0 aliphatic carbocycles. The number of nitrogens with zero attached hydrogens (tertiary/aromatic N) is 1. The number of quaternary nitrogens is 1. The molecule has 0 aromatic heterocycles. The lowest BCUT2D eigenvalue weighted by Crippen LogP contribution is -2.45. The molecule has 0 aromatic carbocycles. The molecule has 3 unspecified atom stereocenters. The van der Waals surface area contributed by atoms with Gasteiger partial charge in [0.15, 0.2) is 0 Å². The summed E-state index contributed by atoms with van der Waals surface area (Å²) in [4.78, 5) is 25.4. The molecule has 1 amide bonds. The Kier molecular flexibility index (Phi) is 51.2. The Bertz CT molecular complexity index is 1280. The van der Waals surface area contributed by atoms with E-state index in [2.05, 4.69) is 55.6 Å². The van der Waals surface area contributed by atoms with E-state index >= 15 is 0 Å². The van der Waals surface area contributed by atoms with Crippen molar-refractivity contribution in [3.05, 3.63) is 48.6 Å². The van der Waals surface area contributed by atoms with Crippen molar-refractivity contribution in [2.24, 2.45) is 0 Å². The van der Waals surface area contributed by atoms with Gasteiger partial charge in [0.05, 0.1) is 39.9 Å². The fourth-order valence-corrected chi connectivity index (χ4v) is 9.51. The standard InChI is InChI=1S/C61H117N2O6P/c1-6-8-10-12-14-16-18-19-20-21-22-23-24-25-26-27-28-29-30-31-32-33-34-35-36-37-38-39-40-41-42-43-45-47-49-51-53-55-61(65)62-59(58-69-70(66,67)68-57-56-63(3,4)5)60(64)54-52-50-48-46-44-17-15-13-11-9-7-2/h26-27,29-30,44,46,52,54,59-60,64H,6-25,28,31-43,45,47-51,53,55-58H2,1-5H3,(H-,62,65,66,67)/b27-26-,30-29-,46-44+,54-52+. The van der Waals surface area contributed by atoms with Gasteiger partial charge in [-0.1, -0.05) is 262 Å². The largest absolute Gasteiger partial charge is 0.756 e. The Morgan fingerprint density at radius 3 is 1.24 bits per heavy atom. The maximum atomic E-state index is 12.9. The van der Waals surface area contributed by atoms with Gasteiger partial charge in [0.2, 0.25) is 5.91 Å². The van der Waals surface area contributed by atoms with Crippen LogP contribution < -0.4 is 10.2 Å². The third kappa shape index (κ3) is 54.2. The van der Waals surface area contributed by atoms with Crippen molar-refractivity contribution in [2.45, 2.75) is 296 Å². The Labute approximate surface area is 435 Å². The SMILES string of the molecule is CCCCCCC/C=C/CC/C=C/C(O)C(COP(=O)([O-])OCC[N+](C)(C)C)NC(=O)CCCCCCCCCCCCCCCCCCC/C=C\C/C=C\CCCCCCCCCCCCCCC. The zero-order valence-electron chi connectivity index (χ0n) is 47.0. The van der Waals surface area contributed by atoms with Crippen molar-refractivity contribution in [1.29, 1.82) is 0 Å². The second kappa shape index (κ2) is 52.3. The maximum absolute atomic E-state index is 12.9. The van der Waals surface area contributed by atoms with Gasteiger partial charge < -0.3 is 28.8 Å². The van der Waals surface area contributed by atoms with E-state index in [1.807, 2.05) is 27.2 Å². The number of nitrogens with one attached hydrogen (secondary N) is 1. The fraction of sp³-hybridized carbons (Fsp3) is 0.852. The summed E-state index contributed by atoms with van der Waals surface area (Å²) in [7, 11) is 1.25. The van der Waals surface area contributed by atoms with E-state index < -0.39 is 26.6 Å². The molecule has 0 aliphatic heterocycles. The number of rotatable bonds is 55. The van der Waals surface area contributed by atoms with Crippen molar-refractivity contribution in [3.8, 4) is 0 Å². The molecule has 0 heterocycles. The minimum absolute atomic E-state index is 0.00642. The van der Waals surface area contributed by atoms with Gasteiger partial charge in [-0.15, -0.1) is 0 Å². The number of unbranched alkanes of at least 4 members (excludes halogenated alkanes) is 36. The molecule has 0 aliphatic rings. The van der Waals surface area contributed by atoms with Crippen molar-refractivity contribution in [1.82, 2.24) is 5.32 Å². The Balaban J connectivity index is 3.91. The molecule has 0 saturated heterocycles. The van der Waals surface area contributed by atoms with E-state index in [1.165, 1.54) is 218 Å². The Morgan fingerprint density at radius 1 is 0.500 bits per heavy atom. The zero-order chi connectivity index (χ0) is 51.3. The molecular weight excluding hydrogens is 888 g/mol. The summed E-state index contributed by atoms with van der Waals surface area (Å²) in [6.45, 7) is 4.62. The van der Waals surface area contributed by atoms with Crippen LogP contribution in [0.4, 0.5) is 0 Å². The van der Waals surface area contributed by atoms with Crippen LogP contribution in [0.15, 0.2) is 48.6 Å². The van der Waals surface area contributed by atoms with Gasteiger partial charge in [0, 0.05) is 6.42 Å². The van der Waals surface area contributed by atoms with Gasteiger partial charge >= 0.3 is 0 Å². The van der Waals surface area contributed by atoms with Gasteiger partial charge in [-0.2, -0.15) is 0 Å². The zero-order valence-corrected chi connectivity index (χ0v) is 47.9. The molecule has 0 fully saturated rings. The highest BCUT2D eigenvalue weighted by molar-refractivity contribution is 7.45. The van der Waals surface area contributed by atoms with E-state index in [0.29, 0.717) is 17.4 Å². The highest BCUT2D eigenvalue weighted by atomic mass is 31.2. The monoisotopic (exact) mass is 1000 g/mol. The average molecular weight is 1010 g/mol. The molecule has 0 saturated carbocycles. The van der Waals surface area contributed by atoms with Crippen molar-refractivity contribution >= 4 is 13.7 Å². The number of amides is 1. The normalized spacial score (nSPS) is 14.2. The van der Waals surface area contributed by atoms with Crippen LogP contribution in [0.1, 0.15) is 284 Å². The van der Waals surface area contributed by atoms with Crippen LogP contribution in [0.25, 0.3) is 0 Å². The molecule has 8 nitrogen and oxygen atoms in total. The van der Waals surface area contributed by atoms with Crippen molar-refractivity contribution in [3.63, 3.8) is 0 Å². The summed E-state index contributed by atoms with van der Waals surface area (Å²) < 4.78 is 23.2. The number of hydrogen-bond donors (Lipinski definition) is 2. The topological polar surface area (TPSA) is 108 Å². The predicted octanol–water partition coefficient (Wildman–Crippen LogP) is 17.7. The van der Waals surface area contributed by atoms with Crippen LogP contribution in [-0.2, 0) is 18.4 Å². The number of phosphoric ester groups is 1. The number of carbonyl (C=O) groups is 1. The van der Waals surface area contributed by atoms with Gasteiger partial charge in [-0.25, -0.2) is 0 Å². The number of allylic oxidation sites excluding steroid dienone is 7. The first-order chi connectivity index (χ1) is 34.0. The number of likely N-dealkylation sites (N-methyl/N-ethyl adjacent to an activating group) is 1. The first-order valence-corrected chi connectivity index (χ1v) is 31.5. The lowest BCUT2D eigenvalue weighted by atomic mass is 10.0. The maximum Gasteiger partial charge on any atom is 0.268 e. The van der Waals surface area contributed by atoms with E-state index in [0.717, 1.165) is 44.9 Å². The van der Waals surface area contributed by atoms with Gasteiger partial charge in [0.25, 0.3) is 7.82 Å². The summed E-state index contributed by atoms with van der Waals surface area (Å²) in [5.74, 6) is -0.207. The Morgan fingerprint density at radius 2 is 0.843 bits per heavy atom. The third-order valence-corrected chi connectivity index (χ3v) is 14.5. The van der Waals surface area contributed by atoms with Gasteiger partial charge in [-0.05, 0) is 64.2 Å². The lowest BCUT2D eigenvalue weighted by Gasteiger charge is -2.29. The molecule has 2 N–H and O–H groups in total. The minimum Gasteiger partial charge on any atom is -0.756 e. The van der Waals surface area contributed by atoms with Crippen LogP contribution in [0.2, 0.25) is 0 Å². The molecule has 9 heteroatoms. The number of phosphoric acid groups is 1. The highest BCUT2D eigenvalue weighted by Gasteiger charge is 2.23. The number of carbonyl (C=O) groups excluding carboxylic acids is 1. The third-order valence-electron chi connectivity index (χ3n) is 13.5. The molecular formula is C61H117N2O6P. The molecule has 3 atom stereocenters. The summed E-state index contributed by atoms with van der Waals surface area (Å²) in [5, 5.41) is 13.8. The first kappa shape index (κ1) is 68.5. The van der Waals surface area contributed by atoms with Gasteiger partial charge in [-0.3, -0.25) is 9.36 Å². The number of hydrogen-bond acceptors (Lipinski definition) is 6. The average Bonchev–Trinajstić information content (AvgIpc) is 3.32. The van der Waals surface area contributed by atoms with Gasteiger partial charge in [0.1, 0.15) is 13.2 Å². The second-order valence-electron chi connectivity index (χ2n) is 21.7. The predicted molar refractivity (Wildman–Crippen MR) is 302 cm³/mol. The molecule has 0 bridgehead atoms. The lowest BCUT2D eigenvalue weighted by molar-refractivity contribution is -0.870. The van der Waals surface area contributed by atoms with E-state index in [4.69, 9.17) is 9.05 Å². The first-order valence-electron chi connectivity index (χ1n) is 30.0.